The fraction of sp³-hybridized carbons (Fsp3) is 0.630. The molecule has 0 radical (unpaired) electrons. The first-order valence-electron chi connectivity index (χ1n) is 13.7. The Kier molecular flexibility index (Phi) is 6.65. The fourth-order valence-corrected chi connectivity index (χ4v) is 6.43. The van der Waals surface area contributed by atoms with Crippen LogP contribution in [0.25, 0.3) is 10.9 Å². The van der Waals surface area contributed by atoms with Crippen LogP contribution in [0, 0.1) is 0 Å². The molecule has 1 atom stereocenters. The van der Waals surface area contributed by atoms with Gasteiger partial charge in [-0.1, -0.05) is 45.4 Å². The van der Waals surface area contributed by atoms with E-state index >= 15 is 0 Å². The lowest BCUT2D eigenvalue weighted by Gasteiger charge is -2.39. The summed E-state index contributed by atoms with van der Waals surface area (Å²) in [5.74, 6) is 2.36. The Hall–Kier alpha value is -2.94. The number of H-pyrrole nitrogens is 1. The number of benzene rings is 1. The van der Waals surface area contributed by atoms with Gasteiger partial charge in [0.1, 0.15) is 0 Å². The number of rotatable bonds is 7. The summed E-state index contributed by atoms with van der Waals surface area (Å²) in [6, 6.07) is 6.68. The largest absolute Gasteiger partial charge is 0.454 e. The average molecular weight is 493 g/mol. The van der Waals surface area contributed by atoms with Crippen LogP contribution in [-0.2, 0) is 6.54 Å². The highest BCUT2D eigenvalue weighted by atomic mass is 16.7. The van der Waals surface area contributed by atoms with Crippen molar-refractivity contribution in [2.24, 2.45) is 0 Å². The van der Waals surface area contributed by atoms with Gasteiger partial charge in [0.05, 0.1) is 17.6 Å². The maximum absolute atomic E-state index is 13.3. The molecule has 3 aliphatic rings. The van der Waals surface area contributed by atoms with Gasteiger partial charge in [-0.2, -0.15) is 0 Å². The molecule has 0 unspecified atom stereocenters. The minimum Gasteiger partial charge on any atom is -0.454 e. The van der Waals surface area contributed by atoms with Gasteiger partial charge in [-0.15, -0.1) is 5.10 Å². The van der Waals surface area contributed by atoms with E-state index in [0.29, 0.717) is 24.4 Å². The topological polar surface area (TPSA) is 98.2 Å². The zero-order chi connectivity index (χ0) is 24.5. The van der Waals surface area contributed by atoms with Gasteiger partial charge in [-0.3, -0.25) is 9.69 Å². The summed E-state index contributed by atoms with van der Waals surface area (Å²) in [6.07, 6.45) is 13.0. The number of fused-ring (bicyclic) bond motifs is 2. The lowest BCUT2D eigenvalue weighted by molar-refractivity contribution is 0.0821. The fourth-order valence-electron chi connectivity index (χ4n) is 6.43. The molecule has 192 valence electrons. The van der Waals surface area contributed by atoms with Gasteiger partial charge in [0.15, 0.2) is 17.3 Å². The zero-order valence-corrected chi connectivity index (χ0v) is 21.1. The van der Waals surface area contributed by atoms with E-state index in [1.54, 1.807) is 0 Å². The lowest BCUT2D eigenvalue weighted by atomic mass is 9.91. The molecular weight excluding hydrogens is 456 g/mol. The van der Waals surface area contributed by atoms with E-state index in [-0.39, 0.29) is 18.4 Å². The second kappa shape index (κ2) is 10.2. The van der Waals surface area contributed by atoms with Gasteiger partial charge in [0.2, 0.25) is 6.79 Å². The van der Waals surface area contributed by atoms with Crippen molar-refractivity contribution in [3.8, 4) is 11.5 Å². The average Bonchev–Trinajstić information content (AvgIpc) is 3.58. The standard InChI is InChI=1S/C27H36N6O3/c1-2-23(26-29-30-31-33(26)21-11-7-4-8-12-21)32(20-9-5-3-6-10-20)16-19-13-18-14-24-25(36-17-35-24)15-22(18)28-27(19)34/h13-15,20-21,23H,2-12,16-17H2,1H3,(H,28,34)/t23-/m1/s1. The summed E-state index contributed by atoms with van der Waals surface area (Å²) in [6.45, 7) is 3.00. The molecule has 1 aromatic carbocycles. The van der Waals surface area contributed by atoms with Gasteiger partial charge in [-0.05, 0) is 54.7 Å². The molecule has 3 heterocycles. The van der Waals surface area contributed by atoms with E-state index in [1.165, 1.54) is 38.5 Å². The van der Waals surface area contributed by atoms with Crippen molar-refractivity contribution in [2.45, 2.75) is 102 Å². The van der Waals surface area contributed by atoms with E-state index in [0.717, 1.165) is 60.1 Å². The molecule has 3 aromatic rings. The Balaban J connectivity index is 1.36. The number of ether oxygens (including phenoxy) is 2. The van der Waals surface area contributed by atoms with E-state index < -0.39 is 0 Å². The highest BCUT2D eigenvalue weighted by Gasteiger charge is 2.33. The van der Waals surface area contributed by atoms with Crippen LogP contribution in [-0.4, -0.2) is 42.9 Å². The first-order valence-corrected chi connectivity index (χ1v) is 13.7. The molecule has 9 heteroatoms. The van der Waals surface area contributed by atoms with Crippen LogP contribution in [0.1, 0.15) is 101 Å². The molecule has 2 fully saturated rings. The zero-order valence-electron chi connectivity index (χ0n) is 21.1. The number of hydrogen-bond acceptors (Lipinski definition) is 7. The third-order valence-corrected chi connectivity index (χ3v) is 8.33. The number of nitrogens with zero attached hydrogens (tertiary/aromatic N) is 5. The summed E-state index contributed by atoms with van der Waals surface area (Å²) < 4.78 is 13.2. The van der Waals surface area contributed by atoms with Gasteiger partial charge in [0.25, 0.3) is 5.56 Å². The summed E-state index contributed by atoms with van der Waals surface area (Å²) in [7, 11) is 0. The number of pyridine rings is 1. The van der Waals surface area contributed by atoms with Crippen molar-refractivity contribution >= 4 is 10.9 Å². The molecule has 2 saturated carbocycles. The van der Waals surface area contributed by atoms with Crippen LogP contribution in [0.15, 0.2) is 23.0 Å². The lowest BCUT2D eigenvalue weighted by Crippen LogP contribution is -2.41. The van der Waals surface area contributed by atoms with Crippen molar-refractivity contribution in [1.82, 2.24) is 30.1 Å². The molecule has 0 spiro atoms. The Bertz CT molecular complexity index is 1260. The molecule has 36 heavy (non-hydrogen) atoms. The SMILES string of the molecule is CC[C@H](c1nnnn1C1CCCCC1)N(Cc1cc2cc3c(cc2[nH]c1=O)OCO3)C1CCCCC1. The van der Waals surface area contributed by atoms with Crippen molar-refractivity contribution in [1.29, 1.82) is 0 Å². The van der Waals surface area contributed by atoms with Gasteiger partial charge in [0, 0.05) is 29.6 Å². The van der Waals surface area contributed by atoms with Crippen molar-refractivity contribution in [3.63, 3.8) is 0 Å². The molecule has 6 rings (SSSR count). The quantitative estimate of drug-likeness (QED) is 0.494. The second-order valence-electron chi connectivity index (χ2n) is 10.6. The third kappa shape index (κ3) is 4.49. The Morgan fingerprint density at radius 1 is 1.03 bits per heavy atom. The molecule has 1 N–H and O–H groups in total. The minimum atomic E-state index is -0.0519. The number of tetrazole rings is 1. The van der Waals surface area contributed by atoms with Crippen LogP contribution in [0.2, 0.25) is 0 Å². The van der Waals surface area contributed by atoms with Gasteiger partial charge in [-0.25, -0.2) is 4.68 Å². The second-order valence-corrected chi connectivity index (χ2v) is 10.6. The Morgan fingerprint density at radius 3 is 2.50 bits per heavy atom. The molecule has 0 amide bonds. The number of hydrogen-bond donors (Lipinski definition) is 1. The van der Waals surface area contributed by atoms with Crippen molar-refractivity contribution in [3.05, 3.63) is 39.9 Å². The van der Waals surface area contributed by atoms with Gasteiger partial charge < -0.3 is 14.5 Å². The van der Waals surface area contributed by atoms with Crippen LogP contribution in [0.4, 0.5) is 0 Å². The van der Waals surface area contributed by atoms with Crippen LogP contribution in [0.5, 0.6) is 11.5 Å². The minimum absolute atomic E-state index is 0.0519. The first-order chi connectivity index (χ1) is 17.7. The van der Waals surface area contributed by atoms with Crippen LogP contribution < -0.4 is 15.0 Å². The molecule has 9 nitrogen and oxygen atoms in total. The number of aromatic amines is 1. The molecule has 0 saturated heterocycles. The summed E-state index contributed by atoms with van der Waals surface area (Å²) in [4.78, 5) is 18.9. The maximum Gasteiger partial charge on any atom is 0.252 e. The molecule has 1 aliphatic heterocycles. The third-order valence-electron chi connectivity index (χ3n) is 8.33. The first kappa shape index (κ1) is 23.5. The predicted octanol–water partition coefficient (Wildman–Crippen LogP) is 5.03. The van der Waals surface area contributed by atoms with Crippen molar-refractivity contribution in [2.75, 3.05) is 6.79 Å². The summed E-state index contributed by atoms with van der Waals surface area (Å²) in [5, 5.41) is 14.1. The molecule has 2 aromatic heterocycles. The van der Waals surface area contributed by atoms with Crippen molar-refractivity contribution < 1.29 is 9.47 Å². The number of aromatic nitrogens is 5. The highest BCUT2D eigenvalue weighted by Crippen LogP contribution is 2.37. The van der Waals surface area contributed by atoms with E-state index in [2.05, 4.69) is 37.0 Å². The molecule has 0 bridgehead atoms. The van der Waals surface area contributed by atoms with E-state index in [4.69, 9.17) is 9.47 Å². The smallest absolute Gasteiger partial charge is 0.252 e. The normalized spacial score (nSPS) is 19.8. The maximum atomic E-state index is 13.3. The number of nitrogens with one attached hydrogen (secondary N) is 1. The summed E-state index contributed by atoms with van der Waals surface area (Å²) in [5.41, 5.74) is 1.48. The Labute approximate surface area is 211 Å². The van der Waals surface area contributed by atoms with E-state index in [1.807, 2.05) is 18.2 Å². The monoisotopic (exact) mass is 492 g/mol. The van der Waals surface area contributed by atoms with Gasteiger partial charge >= 0.3 is 0 Å². The summed E-state index contributed by atoms with van der Waals surface area (Å²) >= 11 is 0. The molecular formula is C27H36N6O3. The predicted molar refractivity (Wildman–Crippen MR) is 136 cm³/mol. The highest BCUT2D eigenvalue weighted by molar-refractivity contribution is 5.83. The van der Waals surface area contributed by atoms with Crippen LogP contribution in [0.3, 0.4) is 0 Å². The van der Waals surface area contributed by atoms with Crippen LogP contribution >= 0.6 is 0 Å². The van der Waals surface area contributed by atoms with E-state index in [9.17, 15) is 4.79 Å². The Morgan fingerprint density at radius 2 is 1.75 bits per heavy atom. The molecule has 2 aliphatic carbocycles.